The minimum absolute atomic E-state index is 0.174. The molecule has 1 heterocycles. The van der Waals surface area contributed by atoms with Gasteiger partial charge in [-0.1, -0.05) is 26.7 Å². The molecule has 0 aliphatic carbocycles. The molecule has 0 aromatic carbocycles. The third-order valence-electron chi connectivity index (χ3n) is 3.32. The number of carbonyl (C=O) groups is 1. The molecular formula is C13H26N2O. The summed E-state index contributed by atoms with van der Waals surface area (Å²) in [5.41, 5.74) is 0. The molecule has 0 saturated carbocycles. The van der Waals surface area contributed by atoms with E-state index in [1.165, 1.54) is 12.8 Å². The van der Waals surface area contributed by atoms with Crippen molar-refractivity contribution in [3.63, 3.8) is 0 Å². The van der Waals surface area contributed by atoms with E-state index in [-0.39, 0.29) is 11.8 Å². The molecule has 1 fully saturated rings. The lowest BCUT2D eigenvalue weighted by Crippen LogP contribution is -2.45. The van der Waals surface area contributed by atoms with Crippen LogP contribution in [0.1, 0.15) is 46.5 Å². The summed E-state index contributed by atoms with van der Waals surface area (Å²) in [7, 11) is 0. The van der Waals surface area contributed by atoms with E-state index in [9.17, 15) is 4.79 Å². The number of carbonyl (C=O) groups excluding carboxylic acids is 1. The largest absolute Gasteiger partial charge is 0.353 e. The van der Waals surface area contributed by atoms with E-state index in [1.807, 2.05) is 0 Å². The third kappa shape index (κ3) is 4.52. The van der Waals surface area contributed by atoms with E-state index < -0.39 is 0 Å². The summed E-state index contributed by atoms with van der Waals surface area (Å²) >= 11 is 0. The lowest BCUT2D eigenvalue weighted by atomic mass is 9.91. The number of amides is 1. The maximum Gasteiger partial charge on any atom is 0.224 e. The first-order valence-electron chi connectivity index (χ1n) is 6.64. The summed E-state index contributed by atoms with van der Waals surface area (Å²) in [5, 5.41) is 6.45. The van der Waals surface area contributed by atoms with Crippen molar-refractivity contribution in [2.75, 3.05) is 13.1 Å². The van der Waals surface area contributed by atoms with Crippen LogP contribution in [0.15, 0.2) is 0 Å². The van der Waals surface area contributed by atoms with Gasteiger partial charge in [0, 0.05) is 12.6 Å². The summed E-state index contributed by atoms with van der Waals surface area (Å²) in [6, 6.07) is 0.324. The maximum absolute atomic E-state index is 12.0. The van der Waals surface area contributed by atoms with Gasteiger partial charge in [0.05, 0.1) is 5.92 Å². The second kappa shape index (κ2) is 6.89. The average molecular weight is 226 g/mol. The van der Waals surface area contributed by atoms with Crippen molar-refractivity contribution in [2.45, 2.75) is 52.5 Å². The van der Waals surface area contributed by atoms with Crippen molar-refractivity contribution in [3.8, 4) is 0 Å². The zero-order chi connectivity index (χ0) is 12.0. The van der Waals surface area contributed by atoms with Crippen LogP contribution in [0.3, 0.4) is 0 Å². The molecule has 3 unspecified atom stereocenters. The first-order valence-corrected chi connectivity index (χ1v) is 6.64. The minimum atomic E-state index is 0.174. The lowest BCUT2D eigenvalue weighted by Gasteiger charge is -2.28. The summed E-state index contributed by atoms with van der Waals surface area (Å²) in [4.78, 5) is 12.0. The predicted molar refractivity (Wildman–Crippen MR) is 67.3 cm³/mol. The van der Waals surface area contributed by atoms with Gasteiger partial charge >= 0.3 is 0 Å². The van der Waals surface area contributed by atoms with Crippen LogP contribution in [0.4, 0.5) is 0 Å². The molecule has 1 saturated heterocycles. The molecule has 94 valence electrons. The second-order valence-corrected chi connectivity index (χ2v) is 5.25. The maximum atomic E-state index is 12.0. The predicted octanol–water partition coefficient (Wildman–Crippen LogP) is 1.93. The number of hydrogen-bond donors (Lipinski definition) is 2. The van der Waals surface area contributed by atoms with Crippen LogP contribution in [-0.2, 0) is 4.79 Å². The topological polar surface area (TPSA) is 41.1 Å². The number of nitrogens with one attached hydrogen (secondary N) is 2. The van der Waals surface area contributed by atoms with Gasteiger partial charge in [-0.25, -0.2) is 0 Å². The number of hydrogen-bond acceptors (Lipinski definition) is 2. The quantitative estimate of drug-likeness (QED) is 0.752. The highest BCUT2D eigenvalue weighted by Crippen LogP contribution is 2.16. The molecule has 3 nitrogen and oxygen atoms in total. The Labute approximate surface area is 99.4 Å². The van der Waals surface area contributed by atoms with Crippen LogP contribution in [-0.4, -0.2) is 25.0 Å². The zero-order valence-corrected chi connectivity index (χ0v) is 10.9. The molecular weight excluding hydrogens is 200 g/mol. The molecule has 1 aliphatic heterocycles. The normalized spacial score (nSPS) is 27.4. The summed E-state index contributed by atoms with van der Waals surface area (Å²) in [6.45, 7) is 8.38. The molecule has 0 aromatic rings. The molecule has 2 N–H and O–H groups in total. The highest BCUT2D eigenvalue weighted by atomic mass is 16.1. The summed E-state index contributed by atoms with van der Waals surface area (Å²) in [5.74, 6) is 1.03. The third-order valence-corrected chi connectivity index (χ3v) is 3.32. The Kier molecular flexibility index (Phi) is 5.81. The Bertz CT molecular complexity index is 218. The Morgan fingerprint density at radius 3 is 2.88 bits per heavy atom. The van der Waals surface area contributed by atoms with Gasteiger partial charge in [-0.05, 0) is 32.2 Å². The van der Waals surface area contributed by atoms with Crippen molar-refractivity contribution in [2.24, 2.45) is 11.8 Å². The van der Waals surface area contributed by atoms with Crippen molar-refractivity contribution in [3.05, 3.63) is 0 Å². The van der Waals surface area contributed by atoms with E-state index in [0.717, 1.165) is 25.9 Å². The fourth-order valence-corrected chi connectivity index (χ4v) is 2.30. The molecule has 0 aromatic heterocycles. The Morgan fingerprint density at radius 2 is 2.25 bits per heavy atom. The molecule has 0 radical (unpaired) electrons. The molecule has 1 rings (SSSR count). The Morgan fingerprint density at radius 1 is 1.50 bits per heavy atom. The molecule has 1 amide bonds. The van der Waals surface area contributed by atoms with Gasteiger partial charge in [0.2, 0.25) is 5.91 Å². The van der Waals surface area contributed by atoms with Gasteiger partial charge in [-0.15, -0.1) is 0 Å². The van der Waals surface area contributed by atoms with Gasteiger partial charge in [-0.3, -0.25) is 4.79 Å². The van der Waals surface area contributed by atoms with Crippen molar-refractivity contribution >= 4 is 5.91 Å². The number of rotatable bonds is 5. The van der Waals surface area contributed by atoms with Crippen LogP contribution >= 0.6 is 0 Å². The summed E-state index contributed by atoms with van der Waals surface area (Å²) in [6.07, 6.45) is 4.51. The number of piperidine rings is 1. The summed E-state index contributed by atoms with van der Waals surface area (Å²) < 4.78 is 0. The minimum Gasteiger partial charge on any atom is -0.353 e. The number of unbranched alkanes of at least 4 members (excludes halogenated alkanes) is 1. The zero-order valence-electron chi connectivity index (χ0n) is 10.9. The van der Waals surface area contributed by atoms with Crippen LogP contribution < -0.4 is 10.6 Å². The molecule has 0 bridgehead atoms. The molecule has 3 heteroatoms. The van der Waals surface area contributed by atoms with E-state index in [2.05, 4.69) is 31.4 Å². The SMILES string of the molecule is CCCCC(C)NC(=O)C1CNCC(C)C1. The monoisotopic (exact) mass is 226 g/mol. The van der Waals surface area contributed by atoms with Gasteiger partial charge in [-0.2, -0.15) is 0 Å². The fraction of sp³-hybridized carbons (Fsp3) is 0.923. The van der Waals surface area contributed by atoms with Gasteiger partial charge in [0.25, 0.3) is 0 Å². The van der Waals surface area contributed by atoms with Gasteiger partial charge < -0.3 is 10.6 Å². The van der Waals surface area contributed by atoms with E-state index >= 15 is 0 Å². The molecule has 3 atom stereocenters. The molecule has 0 spiro atoms. The molecule has 1 aliphatic rings. The Hall–Kier alpha value is -0.570. The first-order chi connectivity index (χ1) is 7.63. The molecule has 16 heavy (non-hydrogen) atoms. The Balaban J connectivity index is 2.27. The van der Waals surface area contributed by atoms with Crippen LogP contribution in [0.2, 0.25) is 0 Å². The lowest BCUT2D eigenvalue weighted by molar-refractivity contribution is -0.126. The smallest absolute Gasteiger partial charge is 0.224 e. The van der Waals surface area contributed by atoms with E-state index in [4.69, 9.17) is 0 Å². The fourth-order valence-electron chi connectivity index (χ4n) is 2.30. The second-order valence-electron chi connectivity index (χ2n) is 5.25. The van der Waals surface area contributed by atoms with Crippen molar-refractivity contribution in [1.82, 2.24) is 10.6 Å². The van der Waals surface area contributed by atoms with Crippen molar-refractivity contribution < 1.29 is 4.79 Å². The van der Waals surface area contributed by atoms with E-state index in [0.29, 0.717) is 12.0 Å². The van der Waals surface area contributed by atoms with Gasteiger partial charge in [0.15, 0.2) is 0 Å². The van der Waals surface area contributed by atoms with Crippen LogP contribution in [0, 0.1) is 11.8 Å². The first kappa shape index (κ1) is 13.5. The van der Waals surface area contributed by atoms with Crippen LogP contribution in [0.25, 0.3) is 0 Å². The standard InChI is InChI=1S/C13H26N2O/c1-4-5-6-11(3)15-13(16)12-7-10(2)8-14-9-12/h10-12,14H,4-9H2,1-3H3,(H,15,16). The van der Waals surface area contributed by atoms with Gasteiger partial charge in [0.1, 0.15) is 0 Å². The van der Waals surface area contributed by atoms with Crippen LogP contribution in [0.5, 0.6) is 0 Å². The van der Waals surface area contributed by atoms with E-state index in [1.54, 1.807) is 0 Å². The average Bonchev–Trinajstić information content (AvgIpc) is 2.26. The highest BCUT2D eigenvalue weighted by molar-refractivity contribution is 5.79. The highest BCUT2D eigenvalue weighted by Gasteiger charge is 2.25. The van der Waals surface area contributed by atoms with Crippen molar-refractivity contribution in [1.29, 1.82) is 0 Å².